The van der Waals surface area contributed by atoms with Crippen molar-refractivity contribution in [1.29, 1.82) is 0 Å². The molecule has 0 fully saturated rings. The molecule has 0 saturated heterocycles. The smallest absolute Gasteiger partial charge is 0.231 e. The first-order valence-corrected chi connectivity index (χ1v) is 9.33. The van der Waals surface area contributed by atoms with Crippen LogP contribution in [0.2, 0.25) is 0 Å². The van der Waals surface area contributed by atoms with Crippen molar-refractivity contribution in [3.8, 4) is 11.5 Å². The first-order valence-electron chi connectivity index (χ1n) is 9.33. The fourth-order valence-corrected chi connectivity index (χ4v) is 3.28. The zero-order chi connectivity index (χ0) is 17.8. The van der Waals surface area contributed by atoms with Gasteiger partial charge >= 0.3 is 0 Å². The van der Waals surface area contributed by atoms with Gasteiger partial charge in [0.05, 0.1) is 11.4 Å². The van der Waals surface area contributed by atoms with Crippen molar-refractivity contribution in [2.75, 3.05) is 23.7 Å². The Morgan fingerprint density at radius 2 is 1.88 bits per heavy atom. The van der Waals surface area contributed by atoms with Crippen molar-refractivity contribution in [2.45, 2.75) is 32.6 Å². The summed E-state index contributed by atoms with van der Waals surface area (Å²) < 4.78 is 11.1. The number of unbranched alkanes of at least 4 members (excludes halogenated alkanes) is 2. The van der Waals surface area contributed by atoms with Crippen molar-refractivity contribution < 1.29 is 9.47 Å². The number of rotatable bonds is 6. The van der Waals surface area contributed by atoms with Crippen molar-refractivity contribution in [3.63, 3.8) is 0 Å². The van der Waals surface area contributed by atoms with E-state index in [1.54, 1.807) is 0 Å². The highest BCUT2D eigenvalue weighted by Crippen LogP contribution is 2.40. The van der Waals surface area contributed by atoms with E-state index >= 15 is 0 Å². The van der Waals surface area contributed by atoms with Gasteiger partial charge in [0.15, 0.2) is 11.5 Å². The van der Waals surface area contributed by atoms with E-state index in [1.165, 1.54) is 24.8 Å². The van der Waals surface area contributed by atoms with Crippen LogP contribution in [0.15, 0.2) is 48.7 Å². The topological polar surface area (TPSA) is 45.8 Å². The highest BCUT2D eigenvalue weighted by Gasteiger charge is 2.21. The molecule has 0 radical (unpaired) electrons. The van der Waals surface area contributed by atoms with Gasteiger partial charge < -0.3 is 20.2 Å². The summed E-state index contributed by atoms with van der Waals surface area (Å²) in [6.07, 6.45) is 8.66. The molecule has 2 aromatic rings. The van der Waals surface area contributed by atoms with Crippen LogP contribution in [0, 0.1) is 0 Å². The molecule has 0 spiro atoms. The van der Waals surface area contributed by atoms with Gasteiger partial charge in [0.1, 0.15) is 0 Å². The minimum Gasteiger partial charge on any atom is -0.454 e. The molecule has 0 atom stereocenters. The molecular weight excluding hydrogens is 326 g/mol. The minimum absolute atomic E-state index is 0.292. The normalized spacial score (nSPS) is 14.6. The molecule has 0 bridgehead atoms. The number of hydrazine groups is 1. The lowest BCUT2D eigenvalue weighted by molar-refractivity contribution is 0.174. The summed E-state index contributed by atoms with van der Waals surface area (Å²) in [5.74, 6) is 1.62. The van der Waals surface area contributed by atoms with Crippen LogP contribution in [-0.2, 0) is 6.42 Å². The Morgan fingerprint density at radius 1 is 1.08 bits per heavy atom. The number of benzene rings is 2. The SMILES string of the molecule is CCCCCNc1ccc(N2NC=CCc3cc4c(cc32)OCO4)cc1. The second-order valence-corrected chi connectivity index (χ2v) is 6.59. The number of fused-ring (bicyclic) bond motifs is 2. The number of ether oxygens (including phenoxy) is 2. The van der Waals surface area contributed by atoms with Crippen LogP contribution in [0.1, 0.15) is 31.7 Å². The molecule has 2 aliphatic rings. The van der Waals surface area contributed by atoms with Crippen LogP contribution >= 0.6 is 0 Å². The molecule has 136 valence electrons. The summed E-state index contributed by atoms with van der Waals surface area (Å²) >= 11 is 0. The monoisotopic (exact) mass is 351 g/mol. The largest absolute Gasteiger partial charge is 0.454 e. The van der Waals surface area contributed by atoms with Gasteiger partial charge in [-0.05, 0) is 48.7 Å². The number of nitrogens with zero attached hydrogens (tertiary/aromatic N) is 1. The number of hydrogen-bond donors (Lipinski definition) is 2. The predicted octanol–water partition coefficient (Wildman–Crippen LogP) is 4.73. The summed E-state index contributed by atoms with van der Waals surface area (Å²) in [5, 5.41) is 5.57. The van der Waals surface area contributed by atoms with Crippen molar-refractivity contribution in [3.05, 3.63) is 54.2 Å². The van der Waals surface area contributed by atoms with E-state index in [0.29, 0.717) is 6.79 Å². The molecule has 0 aromatic heterocycles. The molecule has 26 heavy (non-hydrogen) atoms. The van der Waals surface area contributed by atoms with Gasteiger partial charge in [0.25, 0.3) is 0 Å². The second-order valence-electron chi connectivity index (χ2n) is 6.59. The van der Waals surface area contributed by atoms with Crippen molar-refractivity contribution >= 4 is 17.1 Å². The Morgan fingerprint density at radius 3 is 2.69 bits per heavy atom. The van der Waals surface area contributed by atoms with Gasteiger partial charge in [0, 0.05) is 24.5 Å². The third-order valence-electron chi connectivity index (χ3n) is 4.71. The summed E-state index contributed by atoms with van der Waals surface area (Å²) in [6.45, 7) is 3.53. The first-order chi connectivity index (χ1) is 12.8. The van der Waals surface area contributed by atoms with Crippen molar-refractivity contribution in [1.82, 2.24) is 5.43 Å². The molecule has 5 nitrogen and oxygen atoms in total. The average Bonchev–Trinajstić information content (AvgIpc) is 3.03. The highest BCUT2D eigenvalue weighted by atomic mass is 16.7. The van der Waals surface area contributed by atoms with Gasteiger partial charge in [-0.15, -0.1) is 0 Å². The third kappa shape index (κ3) is 3.43. The number of allylic oxidation sites excluding steroid dienone is 1. The van der Waals surface area contributed by atoms with Crippen LogP contribution in [0.25, 0.3) is 0 Å². The molecule has 0 aliphatic carbocycles. The molecular formula is C21H25N3O2. The Balaban J connectivity index is 1.55. The molecule has 0 amide bonds. The van der Waals surface area contributed by atoms with E-state index < -0.39 is 0 Å². The lowest BCUT2D eigenvalue weighted by Gasteiger charge is -2.26. The highest BCUT2D eigenvalue weighted by molar-refractivity contribution is 5.71. The fourth-order valence-electron chi connectivity index (χ4n) is 3.28. The summed E-state index contributed by atoms with van der Waals surface area (Å²) in [4.78, 5) is 0. The lowest BCUT2D eigenvalue weighted by atomic mass is 10.1. The van der Waals surface area contributed by atoms with Crippen molar-refractivity contribution in [2.24, 2.45) is 0 Å². The minimum atomic E-state index is 0.292. The average molecular weight is 351 g/mol. The van der Waals surface area contributed by atoms with Crippen LogP contribution in [0.4, 0.5) is 17.1 Å². The predicted molar refractivity (Wildman–Crippen MR) is 105 cm³/mol. The fraction of sp³-hybridized carbons (Fsp3) is 0.333. The van der Waals surface area contributed by atoms with E-state index in [9.17, 15) is 0 Å². The third-order valence-corrected chi connectivity index (χ3v) is 4.71. The Hall–Kier alpha value is -2.82. The maximum Gasteiger partial charge on any atom is 0.231 e. The number of hydrogen-bond acceptors (Lipinski definition) is 5. The first kappa shape index (κ1) is 16.6. The van der Waals surface area contributed by atoms with Gasteiger partial charge in [-0.1, -0.05) is 25.8 Å². The van der Waals surface area contributed by atoms with E-state index in [0.717, 1.165) is 41.5 Å². The molecule has 4 rings (SSSR count). The molecule has 5 heteroatoms. The summed E-state index contributed by atoms with van der Waals surface area (Å²) in [5.41, 5.74) is 7.89. The number of nitrogens with one attached hydrogen (secondary N) is 2. The zero-order valence-corrected chi connectivity index (χ0v) is 15.1. The number of anilines is 3. The molecule has 2 N–H and O–H groups in total. The molecule has 2 aliphatic heterocycles. The van der Waals surface area contributed by atoms with E-state index in [-0.39, 0.29) is 0 Å². The van der Waals surface area contributed by atoms with Gasteiger partial charge in [-0.3, -0.25) is 5.01 Å². The van der Waals surface area contributed by atoms with Crippen LogP contribution in [-0.4, -0.2) is 13.3 Å². The van der Waals surface area contributed by atoms with Crippen LogP contribution in [0.3, 0.4) is 0 Å². The zero-order valence-electron chi connectivity index (χ0n) is 15.1. The Bertz CT molecular complexity index is 787. The molecule has 2 heterocycles. The maximum absolute atomic E-state index is 5.57. The van der Waals surface area contributed by atoms with Gasteiger partial charge in [0.2, 0.25) is 6.79 Å². The van der Waals surface area contributed by atoms with Gasteiger partial charge in [-0.2, -0.15) is 0 Å². The molecule has 2 aromatic carbocycles. The maximum atomic E-state index is 5.57. The van der Waals surface area contributed by atoms with E-state index in [4.69, 9.17) is 9.47 Å². The standard InChI is InChI=1S/C21H25N3O2/c1-2-3-4-11-22-17-7-9-18(10-8-17)24-19-14-21-20(25-15-26-21)13-16(19)6-5-12-23-24/h5,7-10,12-14,22-23H,2-4,6,11,15H2,1H3. The molecule has 0 unspecified atom stereocenters. The van der Waals surface area contributed by atoms with Gasteiger partial charge in [-0.25, -0.2) is 0 Å². The lowest BCUT2D eigenvalue weighted by Crippen LogP contribution is -2.29. The Labute approximate surface area is 154 Å². The Kier molecular flexibility index (Phi) is 4.86. The molecule has 0 saturated carbocycles. The summed E-state index contributed by atoms with van der Waals surface area (Å²) in [7, 11) is 0. The van der Waals surface area contributed by atoms with Crippen LogP contribution in [0.5, 0.6) is 11.5 Å². The quantitative estimate of drug-likeness (QED) is 0.737. The van der Waals surface area contributed by atoms with E-state index in [1.807, 2.05) is 6.20 Å². The van der Waals surface area contributed by atoms with E-state index in [2.05, 4.69) is 65.1 Å². The second kappa shape index (κ2) is 7.60. The summed E-state index contributed by atoms with van der Waals surface area (Å²) in [6, 6.07) is 12.6. The van der Waals surface area contributed by atoms with Crippen LogP contribution < -0.4 is 25.2 Å².